The Morgan fingerprint density at radius 1 is 0.862 bits per heavy atom. The van der Waals surface area contributed by atoms with Gasteiger partial charge in [0.1, 0.15) is 0 Å². The summed E-state index contributed by atoms with van der Waals surface area (Å²) in [6, 6.07) is 26.0. The lowest BCUT2D eigenvalue weighted by molar-refractivity contribution is 0.532. The third kappa shape index (κ3) is 2.83. The summed E-state index contributed by atoms with van der Waals surface area (Å²) in [5.74, 6) is 0. The van der Waals surface area contributed by atoms with Gasteiger partial charge >= 0.3 is 5.63 Å². The van der Waals surface area contributed by atoms with Crippen LogP contribution < -0.4 is 5.63 Å². The van der Waals surface area contributed by atoms with Crippen LogP contribution in [0.4, 0.5) is 0 Å². The maximum atomic E-state index is 13.3. The Labute approximate surface area is 176 Å². The zero-order valence-corrected chi connectivity index (χ0v) is 17.4. The van der Waals surface area contributed by atoms with E-state index in [9.17, 15) is 4.79 Å². The highest BCUT2D eigenvalue weighted by atomic mass is 79.9. The molecule has 0 radical (unpaired) electrons. The number of benzene rings is 3. The van der Waals surface area contributed by atoms with Crippen molar-refractivity contribution in [1.82, 2.24) is 4.57 Å². The molecule has 0 unspecified atom stereocenters. The fourth-order valence-electron chi connectivity index (χ4n) is 4.09. The van der Waals surface area contributed by atoms with Crippen LogP contribution in [0.2, 0.25) is 0 Å². The van der Waals surface area contributed by atoms with Gasteiger partial charge in [0.2, 0.25) is 5.71 Å². The lowest BCUT2D eigenvalue weighted by Crippen LogP contribution is -2.07. The molecule has 0 aliphatic rings. The van der Waals surface area contributed by atoms with Crippen LogP contribution >= 0.6 is 15.9 Å². The molecule has 0 aliphatic carbocycles. The first-order valence-electron chi connectivity index (χ1n) is 9.58. The number of nitrogens with zero attached hydrogens (tertiary/aromatic N) is 1. The molecule has 142 valence electrons. The number of hydrogen-bond donors (Lipinski definition) is 0. The largest absolute Gasteiger partial charge is 0.405 e. The highest BCUT2D eigenvalue weighted by Crippen LogP contribution is 2.41. The van der Waals surface area contributed by atoms with Crippen LogP contribution in [0.1, 0.15) is 6.92 Å². The standard InChI is InChI=1S/C25H18BrNO2/c1-2-27-20-14-13-18(26)15-19(20)23-21(16-9-5-3-6-10-16)22(25(28)29-24(23)27)17-11-7-4-8-12-17/h3-15H,2H2,1H3. The maximum Gasteiger partial charge on any atom is 0.346 e. The molecule has 0 bridgehead atoms. The molecule has 0 amide bonds. The van der Waals surface area contributed by atoms with Gasteiger partial charge in [0.25, 0.3) is 0 Å². The zero-order chi connectivity index (χ0) is 20.0. The Morgan fingerprint density at radius 2 is 1.48 bits per heavy atom. The van der Waals surface area contributed by atoms with Gasteiger partial charge in [-0.05, 0) is 36.2 Å². The molecule has 0 spiro atoms. The van der Waals surface area contributed by atoms with Gasteiger partial charge in [0.15, 0.2) is 0 Å². The van der Waals surface area contributed by atoms with Crippen LogP contribution in [-0.4, -0.2) is 4.57 Å². The van der Waals surface area contributed by atoms with Crippen LogP contribution in [0, 0.1) is 0 Å². The highest BCUT2D eigenvalue weighted by Gasteiger charge is 2.23. The van der Waals surface area contributed by atoms with E-state index in [1.165, 1.54) is 0 Å². The summed E-state index contributed by atoms with van der Waals surface area (Å²) in [5, 5.41) is 2.03. The molecule has 0 aliphatic heterocycles. The summed E-state index contributed by atoms with van der Waals surface area (Å²) in [5.41, 5.74) is 4.71. The van der Waals surface area contributed by atoms with Crippen molar-refractivity contribution in [3.8, 4) is 22.3 Å². The predicted octanol–water partition coefficient (Wildman–Crippen LogP) is 6.86. The van der Waals surface area contributed by atoms with Gasteiger partial charge in [-0.25, -0.2) is 4.79 Å². The first-order chi connectivity index (χ1) is 14.2. The second-order valence-corrected chi connectivity index (χ2v) is 7.87. The van der Waals surface area contributed by atoms with Crippen LogP contribution in [-0.2, 0) is 6.54 Å². The van der Waals surface area contributed by atoms with Gasteiger partial charge in [-0.3, -0.25) is 0 Å². The number of halogens is 1. The van der Waals surface area contributed by atoms with E-state index < -0.39 is 0 Å². The van der Waals surface area contributed by atoms with Crippen molar-refractivity contribution in [1.29, 1.82) is 0 Å². The summed E-state index contributed by atoms with van der Waals surface area (Å²) >= 11 is 3.61. The Kier molecular flexibility index (Phi) is 4.36. The zero-order valence-electron chi connectivity index (χ0n) is 15.9. The van der Waals surface area contributed by atoms with E-state index in [-0.39, 0.29) is 5.63 Å². The lowest BCUT2D eigenvalue weighted by atomic mass is 9.93. The van der Waals surface area contributed by atoms with Gasteiger partial charge in [0, 0.05) is 22.0 Å². The Bertz CT molecular complexity index is 1400. The Morgan fingerprint density at radius 3 is 2.10 bits per heavy atom. The van der Waals surface area contributed by atoms with Crippen molar-refractivity contribution in [3.63, 3.8) is 0 Å². The van der Waals surface area contributed by atoms with Crippen LogP contribution in [0.3, 0.4) is 0 Å². The topological polar surface area (TPSA) is 35.1 Å². The van der Waals surface area contributed by atoms with Crippen molar-refractivity contribution in [2.75, 3.05) is 0 Å². The molecule has 5 aromatic rings. The van der Waals surface area contributed by atoms with Crippen molar-refractivity contribution >= 4 is 37.9 Å². The van der Waals surface area contributed by atoms with Crippen molar-refractivity contribution in [2.45, 2.75) is 13.5 Å². The van der Waals surface area contributed by atoms with Crippen molar-refractivity contribution in [3.05, 3.63) is 93.8 Å². The minimum atomic E-state index is -0.320. The molecule has 0 saturated heterocycles. The molecular formula is C25H18BrNO2. The van der Waals surface area contributed by atoms with E-state index in [1.807, 2.05) is 66.7 Å². The summed E-state index contributed by atoms with van der Waals surface area (Å²) in [7, 11) is 0. The molecule has 0 atom stereocenters. The molecule has 5 rings (SSSR count). The van der Waals surface area contributed by atoms with Crippen molar-refractivity contribution < 1.29 is 4.42 Å². The fourth-order valence-corrected chi connectivity index (χ4v) is 4.45. The van der Waals surface area contributed by atoms with E-state index in [2.05, 4.69) is 39.6 Å². The van der Waals surface area contributed by atoms with E-state index in [0.29, 0.717) is 17.8 Å². The lowest BCUT2D eigenvalue weighted by Gasteiger charge is -2.11. The van der Waals surface area contributed by atoms with Gasteiger partial charge in [-0.15, -0.1) is 0 Å². The molecule has 2 aromatic heterocycles. The third-order valence-corrected chi connectivity index (χ3v) is 5.81. The number of fused-ring (bicyclic) bond motifs is 3. The quantitative estimate of drug-likeness (QED) is 0.305. The summed E-state index contributed by atoms with van der Waals surface area (Å²) < 4.78 is 9.01. The van der Waals surface area contributed by atoms with Gasteiger partial charge in [-0.1, -0.05) is 76.6 Å². The highest BCUT2D eigenvalue weighted by molar-refractivity contribution is 9.10. The fraction of sp³-hybridized carbons (Fsp3) is 0.0800. The Balaban J connectivity index is 2.07. The summed E-state index contributed by atoms with van der Waals surface area (Å²) in [6.45, 7) is 2.78. The minimum absolute atomic E-state index is 0.320. The second kappa shape index (κ2) is 7.05. The van der Waals surface area contributed by atoms with Crippen LogP contribution in [0.15, 0.2) is 92.5 Å². The molecule has 4 heteroatoms. The third-order valence-electron chi connectivity index (χ3n) is 5.31. The summed E-state index contributed by atoms with van der Waals surface area (Å²) in [6.07, 6.45) is 0. The molecule has 0 saturated carbocycles. The Hall–Kier alpha value is -3.11. The van der Waals surface area contributed by atoms with E-state index in [0.717, 1.165) is 37.5 Å². The number of aryl methyl sites for hydroxylation is 1. The molecule has 0 N–H and O–H groups in total. The number of rotatable bonds is 3. The first-order valence-corrected chi connectivity index (χ1v) is 10.4. The van der Waals surface area contributed by atoms with Gasteiger partial charge in [0.05, 0.1) is 16.5 Å². The normalized spacial score (nSPS) is 11.4. The van der Waals surface area contributed by atoms with Gasteiger partial charge < -0.3 is 8.98 Å². The molecule has 29 heavy (non-hydrogen) atoms. The predicted molar refractivity (Wildman–Crippen MR) is 122 cm³/mol. The molecule has 2 heterocycles. The average Bonchev–Trinajstić information content (AvgIpc) is 3.06. The monoisotopic (exact) mass is 443 g/mol. The van der Waals surface area contributed by atoms with E-state index in [1.54, 1.807) is 0 Å². The second-order valence-electron chi connectivity index (χ2n) is 6.96. The van der Waals surface area contributed by atoms with E-state index >= 15 is 0 Å². The van der Waals surface area contributed by atoms with Crippen LogP contribution in [0.25, 0.3) is 44.3 Å². The number of aromatic nitrogens is 1. The average molecular weight is 444 g/mol. The summed E-state index contributed by atoms with van der Waals surface area (Å²) in [4.78, 5) is 13.3. The SMILES string of the molecule is CCn1c2ccc(Br)cc2c2c(-c3ccccc3)c(-c3ccccc3)c(=O)oc21. The van der Waals surface area contributed by atoms with Gasteiger partial charge in [-0.2, -0.15) is 0 Å². The molecule has 0 fully saturated rings. The molecule has 3 nitrogen and oxygen atoms in total. The molecular weight excluding hydrogens is 426 g/mol. The number of hydrogen-bond acceptors (Lipinski definition) is 2. The van der Waals surface area contributed by atoms with E-state index in [4.69, 9.17) is 4.42 Å². The molecule has 3 aromatic carbocycles. The van der Waals surface area contributed by atoms with Crippen LogP contribution in [0.5, 0.6) is 0 Å². The maximum absolute atomic E-state index is 13.3. The smallest absolute Gasteiger partial charge is 0.346 e. The van der Waals surface area contributed by atoms with Crippen molar-refractivity contribution in [2.24, 2.45) is 0 Å². The minimum Gasteiger partial charge on any atom is -0.405 e. The first kappa shape index (κ1) is 18.0.